The highest BCUT2D eigenvalue weighted by Crippen LogP contribution is 2.16. The summed E-state index contributed by atoms with van der Waals surface area (Å²) in [5, 5.41) is 0. The molecule has 9 heavy (non-hydrogen) atoms. The lowest BCUT2D eigenvalue weighted by Crippen LogP contribution is -1.95. The molecule has 0 heterocycles. The highest BCUT2D eigenvalue weighted by Gasteiger charge is 2.06. The zero-order chi connectivity index (χ0) is 6.53. The summed E-state index contributed by atoms with van der Waals surface area (Å²) in [5.74, 6) is 0.506. The van der Waals surface area contributed by atoms with Gasteiger partial charge in [-0.25, -0.2) is 9.79 Å². The molecular formula is C7H9NO. The molecule has 0 N–H and O–H groups in total. The van der Waals surface area contributed by atoms with Crippen LogP contribution in [0.1, 0.15) is 12.8 Å². The second kappa shape index (κ2) is 3.21. The van der Waals surface area contributed by atoms with Gasteiger partial charge in [-0.3, -0.25) is 0 Å². The third kappa shape index (κ3) is 1.82. The van der Waals surface area contributed by atoms with Gasteiger partial charge in [-0.05, 0) is 18.8 Å². The van der Waals surface area contributed by atoms with Crippen molar-refractivity contribution in [1.29, 1.82) is 0 Å². The van der Waals surface area contributed by atoms with E-state index >= 15 is 0 Å². The molecule has 0 aliphatic heterocycles. The van der Waals surface area contributed by atoms with Gasteiger partial charge >= 0.3 is 0 Å². The minimum absolute atomic E-state index is 0.506. The van der Waals surface area contributed by atoms with Crippen molar-refractivity contribution >= 4 is 6.08 Å². The summed E-state index contributed by atoms with van der Waals surface area (Å²) in [7, 11) is 0. The van der Waals surface area contributed by atoms with Crippen molar-refractivity contribution in [2.75, 3.05) is 6.54 Å². The van der Waals surface area contributed by atoms with Crippen molar-refractivity contribution in [3.8, 4) is 0 Å². The molecule has 1 rings (SSSR count). The summed E-state index contributed by atoms with van der Waals surface area (Å²) >= 11 is 0. The second-order valence-electron chi connectivity index (χ2n) is 2.20. The van der Waals surface area contributed by atoms with E-state index in [0.717, 1.165) is 12.8 Å². The highest BCUT2D eigenvalue weighted by atomic mass is 16.1. The Morgan fingerprint density at radius 3 is 3.22 bits per heavy atom. The first-order valence-electron chi connectivity index (χ1n) is 3.14. The van der Waals surface area contributed by atoms with Gasteiger partial charge in [-0.1, -0.05) is 12.2 Å². The van der Waals surface area contributed by atoms with Gasteiger partial charge in [0.25, 0.3) is 0 Å². The standard InChI is InChI=1S/C7H9NO/c9-6-8-5-7-3-1-2-4-7/h1,3,7H,2,4-5H2/t7-/m0/s1. The van der Waals surface area contributed by atoms with Gasteiger partial charge in [-0.2, -0.15) is 0 Å². The number of isocyanates is 1. The Labute approximate surface area is 54.3 Å². The molecule has 0 aromatic rings. The molecule has 2 nitrogen and oxygen atoms in total. The Balaban J connectivity index is 2.27. The van der Waals surface area contributed by atoms with Crippen LogP contribution in [0.4, 0.5) is 0 Å². The topological polar surface area (TPSA) is 29.4 Å². The van der Waals surface area contributed by atoms with Gasteiger partial charge in [0.2, 0.25) is 6.08 Å². The van der Waals surface area contributed by atoms with Crippen molar-refractivity contribution in [1.82, 2.24) is 0 Å². The third-order valence-electron chi connectivity index (χ3n) is 1.50. The predicted molar refractivity (Wildman–Crippen MR) is 34.9 cm³/mol. The SMILES string of the molecule is O=C=NC[C@H]1C=CCC1. The van der Waals surface area contributed by atoms with Crippen LogP contribution in [0.3, 0.4) is 0 Å². The summed E-state index contributed by atoms with van der Waals surface area (Å²) < 4.78 is 0. The van der Waals surface area contributed by atoms with E-state index in [0.29, 0.717) is 12.5 Å². The van der Waals surface area contributed by atoms with E-state index in [2.05, 4.69) is 17.1 Å². The average molecular weight is 123 g/mol. The van der Waals surface area contributed by atoms with Crippen molar-refractivity contribution in [3.63, 3.8) is 0 Å². The number of allylic oxidation sites excluding steroid dienone is 1. The van der Waals surface area contributed by atoms with E-state index in [4.69, 9.17) is 0 Å². The minimum Gasteiger partial charge on any atom is -0.211 e. The van der Waals surface area contributed by atoms with Crippen LogP contribution in [-0.2, 0) is 4.79 Å². The van der Waals surface area contributed by atoms with Gasteiger partial charge in [-0.15, -0.1) is 0 Å². The van der Waals surface area contributed by atoms with Gasteiger partial charge in [0.15, 0.2) is 0 Å². The average Bonchev–Trinajstić information content (AvgIpc) is 2.34. The first-order chi connectivity index (χ1) is 4.43. The monoisotopic (exact) mass is 123 g/mol. The second-order valence-corrected chi connectivity index (χ2v) is 2.20. The zero-order valence-corrected chi connectivity index (χ0v) is 5.21. The highest BCUT2D eigenvalue weighted by molar-refractivity contribution is 5.33. The van der Waals surface area contributed by atoms with E-state index < -0.39 is 0 Å². The molecule has 1 aliphatic rings. The van der Waals surface area contributed by atoms with Gasteiger partial charge in [0.1, 0.15) is 0 Å². The summed E-state index contributed by atoms with van der Waals surface area (Å²) in [6.07, 6.45) is 8.06. The number of carbonyl (C=O) groups excluding carboxylic acids is 1. The first kappa shape index (κ1) is 6.24. The van der Waals surface area contributed by atoms with Crippen LogP contribution in [0.25, 0.3) is 0 Å². The quantitative estimate of drug-likeness (QED) is 0.309. The molecule has 2 heteroatoms. The fraction of sp³-hybridized carbons (Fsp3) is 0.571. The van der Waals surface area contributed by atoms with Crippen LogP contribution in [0.2, 0.25) is 0 Å². The molecule has 0 aromatic heterocycles. The number of rotatable bonds is 2. The summed E-state index contributed by atoms with van der Waals surface area (Å²) in [4.78, 5) is 13.1. The smallest absolute Gasteiger partial charge is 0.211 e. The normalized spacial score (nSPS) is 23.8. The van der Waals surface area contributed by atoms with Crippen molar-refractivity contribution < 1.29 is 4.79 Å². The van der Waals surface area contributed by atoms with Crippen LogP contribution in [0.15, 0.2) is 17.1 Å². The summed E-state index contributed by atoms with van der Waals surface area (Å²) in [6, 6.07) is 0. The fourth-order valence-corrected chi connectivity index (χ4v) is 1.00. The van der Waals surface area contributed by atoms with Crippen molar-refractivity contribution in [3.05, 3.63) is 12.2 Å². The van der Waals surface area contributed by atoms with E-state index in [1.54, 1.807) is 0 Å². The first-order valence-corrected chi connectivity index (χ1v) is 3.14. The van der Waals surface area contributed by atoms with Crippen LogP contribution in [0, 0.1) is 5.92 Å². The van der Waals surface area contributed by atoms with Gasteiger partial charge in [0.05, 0.1) is 6.54 Å². The maximum absolute atomic E-state index is 9.65. The number of nitrogens with zero attached hydrogens (tertiary/aromatic N) is 1. The molecule has 0 unspecified atom stereocenters. The minimum atomic E-state index is 0.506. The lowest BCUT2D eigenvalue weighted by Gasteiger charge is -1.97. The van der Waals surface area contributed by atoms with Crippen LogP contribution in [-0.4, -0.2) is 12.6 Å². The molecular weight excluding hydrogens is 114 g/mol. The maximum atomic E-state index is 9.65. The van der Waals surface area contributed by atoms with Crippen LogP contribution >= 0.6 is 0 Å². The van der Waals surface area contributed by atoms with E-state index in [9.17, 15) is 4.79 Å². The Morgan fingerprint density at radius 2 is 2.67 bits per heavy atom. The predicted octanol–water partition coefficient (Wildman–Crippen LogP) is 1.29. The lowest BCUT2D eigenvalue weighted by atomic mass is 10.1. The van der Waals surface area contributed by atoms with Crippen LogP contribution in [0.5, 0.6) is 0 Å². The Morgan fingerprint density at radius 1 is 1.78 bits per heavy atom. The fourth-order valence-electron chi connectivity index (χ4n) is 1.00. The van der Waals surface area contributed by atoms with Gasteiger partial charge < -0.3 is 0 Å². The molecule has 0 radical (unpaired) electrons. The zero-order valence-electron chi connectivity index (χ0n) is 5.21. The van der Waals surface area contributed by atoms with Crippen LogP contribution < -0.4 is 0 Å². The number of hydrogen-bond donors (Lipinski definition) is 0. The third-order valence-corrected chi connectivity index (χ3v) is 1.50. The molecule has 48 valence electrons. The van der Waals surface area contributed by atoms with Crippen molar-refractivity contribution in [2.24, 2.45) is 10.9 Å². The number of hydrogen-bond acceptors (Lipinski definition) is 2. The molecule has 0 fully saturated rings. The number of aliphatic imine (C=N–C) groups is 1. The molecule has 1 atom stereocenters. The summed E-state index contributed by atoms with van der Waals surface area (Å²) in [5.41, 5.74) is 0. The molecule has 1 aliphatic carbocycles. The molecule has 0 spiro atoms. The Bertz CT molecular complexity index is 156. The molecule has 0 aromatic carbocycles. The van der Waals surface area contributed by atoms with Crippen molar-refractivity contribution in [2.45, 2.75) is 12.8 Å². The summed E-state index contributed by atoms with van der Waals surface area (Å²) in [6.45, 7) is 0.625. The Kier molecular flexibility index (Phi) is 2.22. The Hall–Kier alpha value is -0.880. The van der Waals surface area contributed by atoms with E-state index in [-0.39, 0.29) is 0 Å². The lowest BCUT2D eigenvalue weighted by molar-refractivity contribution is 0.558. The molecule has 0 saturated heterocycles. The maximum Gasteiger partial charge on any atom is 0.234 e. The molecule has 0 saturated carbocycles. The van der Waals surface area contributed by atoms with Gasteiger partial charge in [0, 0.05) is 0 Å². The molecule has 0 bridgehead atoms. The van der Waals surface area contributed by atoms with E-state index in [1.807, 2.05) is 0 Å². The largest absolute Gasteiger partial charge is 0.234 e. The molecule has 0 amide bonds. The van der Waals surface area contributed by atoms with E-state index in [1.165, 1.54) is 6.08 Å².